The summed E-state index contributed by atoms with van der Waals surface area (Å²) < 4.78 is 0. The van der Waals surface area contributed by atoms with Crippen molar-refractivity contribution in [2.24, 2.45) is 17.3 Å². The minimum Gasteiger partial charge on any atom is -0.0623 e. The van der Waals surface area contributed by atoms with E-state index in [1.807, 2.05) is 0 Å². The second kappa shape index (κ2) is 2.72. The van der Waals surface area contributed by atoms with Crippen molar-refractivity contribution in [2.75, 3.05) is 0 Å². The molecular weight excluding hydrogens is 108 g/mol. The zero-order chi connectivity index (χ0) is 7.65. The van der Waals surface area contributed by atoms with Crippen LogP contribution in [0, 0.1) is 17.3 Å². The molecule has 0 saturated carbocycles. The van der Waals surface area contributed by atoms with E-state index in [4.69, 9.17) is 0 Å². The van der Waals surface area contributed by atoms with Crippen molar-refractivity contribution < 1.29 is 0 Å². The van der Waals surface area contributed by atoms with Crippen LogP contribution in [0.1, 0.15) is 41.5 Å². The second-order valence-corrected chi connectivity index (χ2v) is 4.13. The minimum absolute atomic E-state index is 0.500. The van der Waals surface area contributed by atoms with Crippen molar-refractivity contribution in [2.45, 2.75) is 41.5 Å². The molecule has 0 aliphatic rings. The number of rotatable bonds is 2. The highest BCUT2D eigenvalue weighted by molar-refractivity contribution is 4.75. The smallest absolute Gasteiger partial charge is 0.0308 e. The standard InChI is InChI=1S/C9H20/c1-7(2)9(5,6)8(3)4/h7-8H,1-6H3. The Morgan fingerprint density at radius 1 is 0.778 bits per heavy atom. The average Bonchev–Trinajstić information content (AvgIpc) is 1.65. The van der Waals surface area contributed by atoms with Gasteiger partial charge >= 0.3 is 0 Å². The molecule has 9 heavy (non-hydrogen) atoms. The summed E-state index contributed by atoms with van der Waals surface area (Å²) in [5.74, 6) is 1.58. The Balaban J connectivity index is 4.01. The molecule has 0 saturated heterocycles. The van der Waals surface area contributed by atoms with Crippen molar-refractivity contribution in [1.82, 2.24) is 0 Å². The number of hydrogen-bond donors (Lipinski definition) is 0. The van der Waals surface area contributed by atoms with E-state index in [1.165, 1.54) is 0 Å². The first-order chi connectivity index (χ1) is 3.89. The van der Waals surface area contributed by atoms with Crippen LogP contribution < -0.4 is 0 Å². The highest BCUT2D eigenvalue weighted by Gasteiger charge is 2.25. The lowest BCUT2D eigenvalue weighted by Gasteiger charge is -2.33. The fourth-order valence-corrected chi connectivity index (χ4v) is 0.667. The van der Waals surface area contributed by atoms with Crippen LogP contribution in [-0.2, 0) is 0 Å². The van der Waals surface area contributed by atoms with E-state index in [9.17, 15) is 0 Å². The average molecular weight is 128 g/mol. The summed E-state index contributed by atoms with van der Waals surface area (Å²) in [5, 5.41) is 0. The van der Waals surface area contributed by atoms with Gasteiger partial charge in [-0.05, 0) is 17.3 Å². The fraction of sp³-hybridized carbons (Fsp3) is 1.00. The Labute approximate surface area is 59.7 Å². The Morgan fingerprint density at radius 2 is 1.00 bits per heavy atom. The van der Waals surface area contributed by atoms with Gasteiger partial charge in [0, 0.05) is 0 Å². The zero-order valence-corrected chi connectivity index (χ0v) is 7.65. The molecule has 0 aliphatic heterocycles. The summed E-state index contributed by atoms with van der Waals surface area (Å²) in [6.07, 6.45) is 0. The van der Waals surface area contributed by atoms with Crippen molar-refractivity contribution in [3.63, 3.8) is 0 Å². The van der Waals surface area contributed by atoms with Gasteiger partial charge in [0.15, 0.2) is 0 Å². The molecule has 0 fully saturated rings. The molecule has 0 atom stereocenters. The van der Waals surface area contributed by atoms with Gasteiger partial charge in [-0.15, -0.1) is 0 Å². The lowest BCUT2D eigenvalue weighted by molar-refractivity contribution is 0.165. The second-order valence-electron chi connectivity index (χ2n) is 4.13. The third-order valence-electron chi connectivity index (χ3n) is 2.98. The zero-order valence-electron chi connectivity index (χ0n) is 7.65. The molecule has 0 N–H and O–H groups in total. The maximum absolute atomic E-state index is 2.34. The summed E-state index contributed by atoms with van der Waals surface area (Å²) in [6, 6.07) is 0. The van der Waals surface area contributed by atoms with Gasteiger partial charge in [0.2, 0.25) is 0 Å². The lowest BCUT2D eigenvalue weighted by Crippen LogP contribution is -2.25. The highest BCUT2D eigenvalue weighted by Crippen LogP contribution is 2.33. The fourth-order valence-electron chi connectivity index (χ4n) is 0.667. The molecule has 0 radical (unpaired) electrons. The normalized spacial score (nSPS) is 13.3. The Kier molecular flexibility index (Phi) is 2.72. The van der Waals surface area contributed by atoms with Gasteiger partial charge in [-0.25, -0.2) is 0 Å². The summed E-state index contributed by atoms with van der Waals surface area (Å²) in [7, 11) is 0. The number of hydrogen-bond acceptors (Lipinski definition) is 0. The molecule has 0 amide bonds. The molecule has 0 aromatic rings. The predicted octanol–water partition coefficient (Wildman–Crippen LogP) is 3.32. The van der Waals surface area contributed by atoms with E-state index in [1.54, 1.807) is 0 Å². The summed E-state index contributed by atoms with van der Waals surface area (Å²) in [6.45, 7) is 13.8. The third kappa shape index (κ3) is 2.00. The maximum atomic E-state index is 2.34. The molecule has 0 heterocycles. The SMILES string of the molecule is CC(C)C(C)(C)C(C)C. The molecule has 0 nitrogen and oxygen atoms in total. The van der Waals surface area contributed by atoms with Crippen molar-refractivity contribution in [1.29, 1.82) is 0 Å². The first-order valence-corrected chi connectivity index (χ1v) is 3.89. The molecule has 0 aromatic carbocycles. The first kappa shape index (κ1) is 9.00. The summed E-state index contributed by atoms with van der Waals surface area (Å²) in [5.41, 5.74) is 0.500. The van der Waals surface area contributed by atoms with E-state index < -0.39 is 0 Å². The van der Waals surface area contributed by atoms with Crippen molar-refractivity contribution >= 4 is 0 Å². The van der Waals surface area contributed by atoms with Gasteiger partial charge in [0.05, 0.1) is 0 Å². The largest absolute Gasteiger partial charge is 0.0623 e. The van der Waals surface area contributed by atoms with Gasteiger partial charge in [-0.3, -0.25) is 0 Å². The van der Waals surface area contributed by atoms with Crippen LogP contribution in [0.2, 0.25) is 0 Å². The molecule has 0 aromatic heterocycles. The van der Waals surface area contributed by atoms with Gasteiger partial charge in [0.1, 0.15) is 0 Å². The van der Waals surface area contributed by atoms with Crippen molar-refractivity contribution in [3.05, 3.63) is 0 Å². The van der Waals surface area contributed by atoms with E-state index in [-0.39, 0.29) is 0 Å². The van der Waals surface area contributed by atoms with Gasteiger partial charge < -0.3 is 0 Å². The molecule has 0 aliphatic carbocycles. The summed E-state index contributed by atoms with van der Waals surface area (Å²) >= 11 is 0. The van der Waals surface area contributed by atoms with Crippen LogP contribution in [0.5, 0.6) is 0 Å². The monoisotopic (exact) mass is 128 g/mol. The topological polar surface area (TPSA) is 0 Å². The lowest BCUT2D eigenvalue weighted by atomic mass is 9.72. The molecule has 0 unspecified atom stereocenters. The first-order valence-electron chi connectivity index (χ1n) is 3.89. The van der Waals surface area contributed by atoms with Crippen LogP contribution in [-0.4, -0.2) is 0 Å². The van der Waals surface area contributed by atoms with Crippen LogP contribution in [0.3, 0.4) is 0 Å². The predicted molar refractivity (Wildman–Crippen MR) is 43.5 cm³/mol. The molecule has 0 rings (SSSR count). The molecule has 0 bridgehead atoms. The van der Waals surface area contributed by atoms with Crippen LogP contribution in [0.15, 0.2) is 0 Å². The third-order valence-corrected chi connectivity index (χ3v) is 2.98. The Morgan fingerprint density at radius 3 is 1.00 bits per heavy atom. The van der Waals surface area contributed by atoms with Crippen molar-refractivity contribution in [3.8, 4) is 0 Å². The van der Waals surface area contributed by atoms with E-state index in [0.717, 1.165) is 11.8 Å². The van der Waals surface area contributed by atoms with Gasteiger partial charge in [-0.1, -0.05) is 41.5 Å². The Hall–Kier alpha value is 0. The maximum Gasteiger partial charge on any atom is -0.0308 e. The Bertz CT molecular complexity index is 68.0. The van der Waals surface area contributed by atoms with Crippen LogP contribution >= 0.6 is 0 Å². The quantitative estimate of drug-likeness (QED) is 0.535. The van der Waals surface area contributed by atoms with E-state index in [0.29, 0.717) is 5.41 Å². The minimum atomic E-state index is 0.500. The van der Waals surface area contributed by atoms with E-state index >= 15 is 0 Å². The van der Waals surface area contributed by atoms with Crippen LogP contribution in [0.4, 0.5) is 0 Å². The molecule has 0 spiro atoms. The van der Waals surface area contributed by atoms with Gasteiger partial charge in [0.25, 0.3) is 0 Å². The summed E-state index contributed by atoms with van der Waals surface area (Å²) in [4.78, 5) is 0. The molecule has 0 heteroatoms. The molecule has 56 valence electrons. The van der Waals surface area contributed by atoms with Gasteiger partial charge in [-0.2, -0.15) is 0 Å². The van der Waals surface area contributed by atoms with E-state index in [2.05, 4.69) is 41.5 Å². The molecular formula is C9H20. The van der Waals surface area contributed by atoms with Crippen LogP contribution in [0.25, 0.3) is 0 Å². The highest BCUT2D eigenvalue weighted by atomic mass is 14.3.